The molecule has 0 spiro atoms. The molecule has 0 atom stereocenters. The number of nitrogens with one attached hydrogen (secondary N) is 1. The number of hydrogen-bond acceptors (Lipinski definition) is 3. The molecule has 1 aromatic heterocycles. The second-order valence-corrected chi connectivity index (χ2v) is 5.68. The van der Waals surface area contributed by atoms with Gasteiger partial charge in [-0.05, 0) is 32.0 Å². The Morgan fingerprint density at radius 1 is 1.33 bits per heavy atom. The predicted molar refractivity (Wildman–Crippen MR) is 80.3 cm³/mol. The molecule has 1 amide bonds. The number of aromatic nitrogens is 2. The lowest BCUT2D eigenvalue weighted by Crippen LogP contribution is -2.45. The van der Waals surface area contributed by atoms with Crippen LogP contribution in [-0.4, -0.2) is 27.5 Å². The number of hydrogen-bond donors (Lipinski definition) is 1. The first kappa shape index (κ1) is 15.0. The Kier molecular flexibility index (Phi) is 4.21. The number of rotatable bonds is 5. The Bertz CT molecular complexity index is 645. The highest BCUT2D eigenvalue weighted by molar-refractivity contribution is 5.94. The summed E-state index contributed by atoms with van der Waals surface area (Å²) < 4.78 is 1.67. The number of nitrogens with zero attached hydrogens (tertiary/aromatic N) is 2. The van der Waals surface area contributed by atoms with E-state index < -0.39 is 5.54 Å². The molecule has 0 aliphatic rings. The zero-order valence-electron chi connectivity index (χ0n) is 12.5. The summed E-state index contributed by atoms with van der Waals surface area (Å²) in [5.74, 6) is -0.113. The standard InChI is InChI=1S/C16H19N3O2/c1-16(2,10-14-9-13(11-20)18-19(14)3)17-15(21)12-7-5-4-6-8-12/h4-9,11H,10H2,1-3H3,(H,17,21). The Labute approximate surface area is 124 Å². The van der Waals surface area contributed by atoms with Crippen molar-refractivity contribution in [3.8, 4) is 0 Å². The minimum atomic E-state index is -0.444. The fourth-order valence-electron chi connectivity index (χ4n) is 2.22. The normalized spacial score (nSPS) is 11.2. The molecule has 2 rings (SSSR count). The lowest BCUT2D eigenvalue weighted by Gasteiger charge is -2.26. The second-order valence-electron chi connectivity index (χ2n) is 5.68. The summed E-state index contributed by atoms with van der Waals surface area (Å²) in [6.45, 7) is 3.89. The lowest BCUT2D eigenvalue weighted by molar-refractivity contribution is 0.0912. The molecule has 1 heterocycles. The largest absolute Gasteiger partial charge is 0.347 e. The SMILES string of the molecule is Cn1nc(C=O)cc1CC(C)(C)NC(=O)c1ccccc1. The fourth-order valence-corrected chi connectivity index (χ4v) is 2.22. The Morgan fingerprint density at radius 2 is 2.00 bits per heavy atom. The van der Waals surface area contributed by atoms with Gasteiger partial charge in [0.05, 0.1) is 0 Å². The molecule has 0 saturated heterocycles. The van der Waals surface area contributed by atoms with E-state index in [9.17, 15) is 9.59 Å². The highest BCUT2D eigenvalue weighted by Gasteiger charge is 2.23. The molecule has 5 heteroatoms. The molecular formula is C16H19N3O2. The maximum atomic E-state index is 12.2. The van der Waals surface area contributed by atoms with E-state index >= 15 is 0 Å². The number of benzene rings is 1. The summed E-state index contributed by atoms with van der Waals surface area (Å²) in [7, 11) is 1.79. The smallest absolute Gasteiger partial charge is 0.251 e. The highest BCUT2D eigenvalue weighted by Crippen LogP contribution is 2.14. The molecule has 1 aromatic carbocycles. The summed E-state index contributed by atoms with van der Waals surface area (Å²) in [6.07, 6.45) is 1.31. The van der Waals surface area contributed by atoms with Crippen LogP contribution in [0.5, 0.6) is 0 Å². The van der Waals surface area contributed by atoms with Crippen molar-refractivity contribution in [2.24, 2.45) is 7.05 Å². The summed E-state index contributed by atoms with van der Waals surface area (Å²) in [5.41, 5.74) is 1.48. The lowest BCUT2D eigenvalue weighted by atomic mass is 9.97. The highest BCUT2D eigenvalue weighted by atomic mass is 16.1. The van der Waals surface area contributed by atoms with Crippen LogP contribution in [0.2, 0.25) is 0 Å². The maximum absolute atomic E-state index is 12.2. The summed E-state index contributed by atoms with van der Waals surface area (Å²) in [5, 5.41) is 7.09. The molecule has 21 heavy (non-hydrogen) atoms. The number of carbonyl (C=O) groups is 2. The monoisotopic (exact) mass is 285 g/mol. The average molecular weight is 285 g/mol. The van der Waals surface area contributed by atoms with Crippen LogP contribution in [-0.2, 0) is 13.5 Å². The van der Waals surface area contributed by atoms with Crippen molar-refractivity contribution in [3.63, 3.8) is 0 Å². The van der Waals surface area contributed by atoms with Crippen LogP contribution in [0.25, 0.3) is 0 Å². The van der Waals surface area contributed by atoms with Crippen molar-refractivity contribution in [2.75, 3.05) is 0 Å². The van der Waals surface area contributed by atoms with E-state index in [2.05, 4.69) is 10.4 Å². The van der Waals surface area contributed by atoms with Crippen LogP contribution in [0.15, 0.2) is 36.4 Å². The molecule has 2 aromatic rings. The van der Waals surface area contributed by atoms with Crippen molar-refractivity contribution < 1.29 is 9.59 Å². The molecule has 0 aliphatic carbocycles. The van der Waals surface area contributed by atoms with Crippen LogP contribution >= 0.6 is 0 Å². The molecule has 0 aliphatic heterocycles. The molecule has 110 valence electrons. The Hall–Kier alpha value is -2.43. The molecule has 0 saturated carbocycles. The third-order valence-electron chi connectivity index (χ3n) is 3.23. The van der Waals surface area contributed by atoms with Crippen LogP contribution in [0.4, 0.5) is 0 Å². The van der Waals surface area contributed by atoms with Gasteiger partial charge in [0, 0.05) is 30.3 Å². The van der Waals surface area contributed by atoms with E-state index in [1.165, 1.54) is 0 Å². The first-order valence-corrected chi connectivity index (χ1v) is 6.77. The van der Waals surface area contributed by atoms with E-state index in [1.807, 2.05) is 32.0 Å². The number of carbonyl (C=O) groups excluding carboxylic acids is 2. The van der Waals surface area contributed by atoms with Gasteiger partial charge in [0.1, 0.15) is 5.69 Å². The third kappa shape index (κ3) is 3.78. The first-order chi connectivity index (χ1) is 9.91. The zero-order valence-corrected chi connectivity index (χ0v) is 12.5. The molecule has 0 radical (unpaired) electrons. The molecular weight excluding hydrogens is 266 g/mol. The minimum Gasteiger partial charge on any atom is -0.347 e. The maximum Gasteiger partial charge on any atom is 0.251 e. The molecule has 0 bridgehead atoms. The fraction of sp³-hybridized carbons (Fsp3) is 0.312. The Morgan fingerprint density at radius 3 is 2.57 bits per heavy atom. The van der Waals surface area contributed by atoms with Gasteiger partial charge in [-0.25, -0.2) is 0 Å². The summed E-state index contributed by atoms with van der Waals surface area (Å²) in [6, 6.07) is 10.8. The van der Waals surface area contributed by atoms with Crippen molar-refractivity contribution in [2.45, 2.75) is 25.8 Å². The molecule has 0 fully saturated rings. The van der Waals surface area contributed by atoms with Crippen LogP contribution in [0.3, 0.4) is 0 Å². The molecule has 0 unspecified atom stereocenters. The van der Waals surface area contributed by atoms with E-state index in [0.29, 0.717) is 17.7 Å². The van der Waals surface area contributed by atoms with Gasteiger partial charge in [0.2, 0.25) is 0 Å². The van der Waals surface area contributed by atoms with Gasteiger partial charge in [-0.3, -0.25) is 14.3 Å². The van der Waals surface area contributed by atoms with Gasteiger partial charge >= 0.3 is 0 Å². The topological polar surface area (TPSA) is 64.0 Å². The van der Waals surface area contributed by atoms with E-state index in [1.54, 1.807) is 29.9 Å². The van der Waals surface area contributed by atoms with Gasteiger partial charge in [-0.15, -0.1) is 0 Å². The van der Waals surface area contributed by atoms with E-state index in [0.717, 1.165) is 12.0 Å². The molecule has 1 N–H and O–H groups in total. The summed E-state index contributed by atoms with van der Waals surface area (Å²) in [4.78, 5) is 23.0. The van der Waals surface area contributed by atoms with Crippen molar-refractivity contribution in [1.29, 1.82) is 0 Å². The minimum absolute atomic E-state index is 0.113. The number of amides is 1. The average Bonchev–Trinajstić information content (AvgIpc) is 2.79. The first-order valence-electron chi connectivity index (χ1n) is 6.77. The predicted octanol–water partition coefficient (Wildman–Crippen LogP) is 1.98. The van der Waals surface area contributed by atoms with E-state index in [4.69, 9.17) is 0 Å². The quantitative estimate of drug-likeness (QED) is 0.854. The van der Waals surface area contributed by atoms with Gasteiger partial charge in [-0.1, -0.05) is 18.2 Å². The number of aldehydes is 1. The van der Waals surface area contributed by atoms with Crippen molar-refractivity contribution in [1.82, 2.24) is 15.1 Å². The van der Waals surface area contributed by atoms with Crippen LogP contribution in [0, 0.1) is 0 Å². The van der Waals surface area contributed by atoms with Crippen molar-refractivity contribution in [3.05, 3.63) is 53.3 Å². The third-order valence-corrected chi connectivity index (χ3v) is 3.23. The van der Waals surface area contributed by atoms with E-state index in [-0.39, 0.29) is 5.91 Å². The van der Waals surface area contributed by atoms with Gasteiger partial charge in [0.15, 0.2) is 6.29 Å². The Balaban J connectivity index is 2.09. The molecule has 5 nitrogen and oxygen atoms in total. The number of aryl methyl sites for hydroxylation is 1. The van der Waals surface area contributed by atoms with Crippen LogP contribution in [0.1, 0.15) is 40.4 Å². The van der Waals surface area contributed by atoms with Gasteiger partial charge < -0.3 is 5.32 Å². The van der Waals surface area contributed by atoms with Crippen molar-refractivity contribution >= 4 is 12.2 Å². The van der Waals surface area contributed by atoms with Gasteiger partial charge in [0.25, 0.3) is 5.91 Å². The van der Waals surface area contributed by atoms with Crippen LogP contribution < -0.4 is 5.32 Å². The zero-order chi connectivity index (χ0) is 15.5. The van der Waals surface area contributed by atoms with Gasteiger partial charge in [-0.2, -0.15) is 5.10 Å². The summed E-state index contributed by atoms with van der Waals surface area (Å²) >= 11 is 0. The second kappa shape index (κ2) is 5.91.